The number of halogens is 1. The van der Waals surface area contributed by atoms with E-state index in [2.05, 4.69) is 20.3 Å². The summed E-state index contributed by atoms with van der Waals surface area (Å²) in [6.45, 7) is 1.01. The second-order valence-corrected chi connectivity index (χ2v) is 9.04. The van der Waals surface area contributed by atoms with Crippen LogP contribution in [0.2, 0.25) is 0 Å². The molecule has 1 aliphatic heterocycles. The highest BCUT2D eigenvalue weighted by molar-refractivity contribution is 6.08. The molecule has 2 aromatic heterocycles. The van der Waals surface area contributed by atoms with E-state index in [1.54, 1.807) is 17.2 Å². The van der Waals surface area contributed by atoms with Gasteiger partial charge in [-0.15, -0.1) is 0 Å². The molecule has 36 heavy (non-hydrogen) atoms. The average molecular weight is 498 g/mol. The Morgan fingerprint density at radius 1 is 1.19 bits per heavy atom. The number of benzene rings is 1. The van der Waals surface area contributed by atoms with Gasteiger partial charge in [-0.3, -0.25) is 9.59 Å². The van der Waals surface area contributed by atoms with Crippen molar-refractivity contribution in [3.63, 3.8) is 0 Å². The van der Waals surface area contributed by atoms with E-state index < -0.39 is 5.82 Å². The lowest BCUT2D eigenvalue weighted by Crippen LogP contribution is -2.39. The zero-order valence-corrected chi connectivity index (χ0v) is 20.4. The number of nitrogens with zero attached hydrogens (tertiary/aromatic N) is 3. The van der Waals surface area contributed by atoms with Crippen LogP contribution in [0.1, 0.15) is 41.1 Å². The first-order chi connectivity index (χ1) is 17.5. The number of hydrogen-bond donors (Lipinski definition) is 2. The van der Waals surface area contributed by atoms with Gasteiger partial charge in [0.1, 0.15) is 18.5 Å². The lowest BCUT2D eigenvalue weighted by Gasteiger charge is -2.17. The Morgan fingerprint density at radius 3 is 2.69 bits per heavy atom. The highest BCUT2D eigenvalue weighted by atomic mass is 19.1. The highest BCUT2D eigenvalue weighted by Gasteiger charge is 2.34. The van der Waals surface area contributed by atoms with Crippen LogP contribution in [0, 0.1) is 5.82 Å². The second-order valence-electron chi connectivity index (χ2n) is 9.04. The summed E-state index contributed by atoms with van der Waals surface area (Å²) in [5.41, 5.74) is 3.33. The van der Waals surface area contributed by atoms with Gasteiger partial charge in [-0.05, 0) is 31.2 Å². The van der Waals surface area contributed by atoms with Crippen molar-refractivity contribution in [3.05, 3.63) is 35.5 Å². The average Bonchev–Trinajstić information content (AvgIpc) is 3.44. The molecule has 1 atom stereocenters. The van der Waals surface area contributed by atoms with E-state index in [1.165, 1.54) is 27.7 Å². The topological polar surface area (TPSA) is 119 Å². The van der Waals surface area contributed by atoms with Crippen LogP contribution < -0.4 is 14.8 Å². The molecule has 1 saturated carbocycles. The molecule has 2 fully saturated rings. The summed E-state index contributed by atoms with van der Waals surface area (Å²) in [6, 6.07) is 1.45. The number of ether oxygens (including phenoxy) is 3. The van der Waals surface area contributed by atoms with Crippen molar-refractivity contribution in [3.8, 4) is 22.8 Å². The molecule has 1 saturated heterocycles. The number of hydrogen-bond acceptors (Lipinski definition) is 7. The van der Waals surface area contributed by atoms with Gasteiger partial charge < -0.3 is 29.4 Å². The smallest absolute Gasteiger partial charge is 0.255 e. The zero-order chi connectivity index (χ0) is 25.4. The molecule has 5 rings (SSSR count). The molecule has 0 spiro atoms. The second kappa shape index (κ2) is 9.73. The molecule has 11 heteroatoms. The third-order valence-corrected chi connectivity index (χ3v) is 6.74. The van der Waals surface area contributed by atoms with Crippen molar-refractivity contribution in [2.45, 2.75) is 31.2 Å². The van der Waals surface area contributed by atoms with E-state index in [-0.39, 0.29) is 41.9 Å². The molecular formula is C25H28FN5O5. The van der Waals surface area contributed by atoms with Gasteiger partial charge in [-0.2, -0.15) is 4.39 Å². The van der Waals surface area contributed by atoms with E-state index in [9.17, 15) is 14.0 Å². The number of aromatic nitrogens is 3. The standard InChI is InChI=1S/C25H28FN5O5/c1-34-11-18(32)31-7-6-14(10-31)30-25(33)16-9-27-23-21(28-12-29-22(16)23)15-8-17(35-2)20(26)24(36-3)19(15)13-4-5-13/h8-9,12-14,27H,4-7,10-11H2,1-3H3,(H,30,33)/t14-/m1/s1. The summed E-state index contributed by atoms with van der Waals surface area (Å²) in [5.74, 6) is -0.585. The van der Waals surface area contributed by atoms with Gasteiger partial charge in [0, 0.05) is 43.6 Å². The molecule has 10 nitrogen and oxygen atoms in total. The van der Waals surface area contributed by atoms with E-state index in [4.69, 9.17) is 14.2 Å². The number of nitrogens with one attached hydrogen (secondary N) is 2. The van der Waals surface area contributed by atoms with Gasteiger partial charge in [-0.1, -0.05) is 0 Å². The fourth-order valence-electron chi connectivity index (χ4n) is 4.85. The van der Waals surface area contributed by atoms with Crippen LogP contribution in [-0.4, -0.2) is 78.7 Å². The molecule has 0 bridgehead atoms. The van der Waals surface area contributed by atoms with E-state index in [0.717, 1.165) is 18.4 Å². The van der Waals surface area contributed by atoms with Gasteiger partial charge in [0.05, 0.1) is 31.0 Å². The lowest BCUT2D eigenvalue weighted by molar-refractivity contribution is -0.134. The zero-order valence-electron chi connectivity index (χ0n) is 20.4. The lowest BCUT2D eigenvalue weighted by atomic mass is 9.97. The van der Waals surface area contributed by atoms with Gasteiger partial charge in [0.2, 0.25) is 11.7 Å². The summed E-state index contributed by atoms with van der Waals surface area (Å²) < 4.78 is 30.6. The normalized spacial score (nSPS) is 17.4. The number of aromatic amines is 1. The minimum atomic E-state index is -0.544. The van der Waals surface area contributed by atoms with E-state index >= 15 is 0 Å². The van der Waals surface area contributed by atoms with Crippen molar-refractivity contribution >= 4 is 22.8 Å². The Bertz CT molecular complexity index is 1320. The minimum Gasteiger partial charge on any atom is -0.494 e. The summed E-state index contributed by atoms with van der Waals surface area (Å²) in [5, 5.41) is 3.00. The first-order valence-corrected chi connectivity index (χ1v) is 11.8. The molecule has 2 N–H and O–H groups in total. The molecule has 1 aliphatic carbocycles. The van der Waals surface area contributed by atoms with Crippen molar-refractivity contribution in [2.24, 2.45) is 0 Å². The number of carbonyl (C=O) groups excluding carboxylic acids is 2. The van der Waals surface area contributed by atoms with Crippen LogP contribution in [0.25, 0.3) is 22.3 Å². The van der Waals surface area contributed by atoms with Crippen LogP contribution in [0.3, 0.4) is 0 Å². The number of likely N-dealkylation sites (tertiary alicyclic amines) is 1. The van der Waals surface area contributed by atoms with Crippen LogP contribution in [0.15, 0.2) is 18.6 Å². The monoisotopic (exact) mass is 497 g/mol. The maximum Gasteiger partial charge on any atom is 0.255 e. The number of carbonyl (C=O) groups is 2. The third kappa shape index (κ3) is 4.23. The quantitative estimate of drug-likeness (QED) is 0.491. The first kappa shape index (κ1) is 24.0. The van der Waals surface area contributed by atoms with Gasteiger partial charge in [0.15, 0.2) is 11.5 Å². The van der Waals surface area contributed by atoms with Crippen LogP contribution >= 0.6 is 0 Å². The van der Waals surface area contributed by atoms with Gasteiger partial charge >= 0.3 is 0 Å². The predicted molar refractivity (Wildman–Crippen MR) is 129 cm³/mol. The number of H-pyrrole nitrogens is 1. The van der Waals surface area contributed by atoms with Crippen molar-refractivity contribution < 1.29 is 28.2 Å². The highest BCUT2D eigenvalue weighted by Crippen LogP contribution is 2.51. The third-order valence-electron chi connectivity index (χ3n) is 6.74. The fraction of sp³-hybridized carbons (Fsp3) is 0.440. The Morgan fingerprint density at radius 2 is 2.00 bits per heavy atom. The SMILES string of the molecule is COCC(=O)N1CC[C@@H](NC(=O)c2c[nH]c3c(-c4cc(OC)c(F)c(OC)c4C4CC4)ncnc23)C1. The molecule has 3 aromatic rings. The molecule has 2 aliphatic rings. The van der Waals surface area contributed by atoms with Crippen molar-refractivity contribution in [1.82, 2.24) is 25.2 Å². The fourth-order valence-corrected chi connectivity index (χ4v) is 4.85. The number of rotatable bonds is 8. The Labute approximate surface area is 207 Å². The van der Waals surface area contributed by atoms with Crippen LogP contribution in [0.5, 0.6) is 11.5 Å². The summed E-state index contributed by atoms with van der Waals surface area (Å²) in [4.78, 5) is 38.9. The summed E-state index contributed by atoms with van der Waals surface area (Å²) in [7, 11) is 4.32. The largest absolute Gasteiger partial charge is 0.494 e. The Balaban J connectivity index is 1.47. The molecule has 0 radical (unpaired) electrons. The molecule has 190 valence electrons. The van der Waals surface area contributed by atoms with Gasteiger partial charge in [0.25, 0.3) is 5.91 Å². The van der Waals surface area contributed by atoms with Gasteiger partial charge in [-0.25, -0.2) is 9.97 Å². The predicted octanol–water partition coefficient (Wildman–Crippen LogP) is 2.64. The number of amides is 2. The number of fused-ring (bicyclic) bond motifs is 1. The summed E-state index contributed by atoms with van der Waals surface area (Å²) >= 11 is 0. The maximum atomic E-state index is 15.0. The molecule has 3 heterocycles. The van der Waals surface area contributed by atoms with Crippen LogP contribution in [0.4, 0.5) is 4.39 Å². The first-order valence-electron chi connectivity index (χ1n) is 11.8. The molecule has 0 unspecified atom stereocenters. The maximum absolute atomic E-state index is 15.0. The van der Waals surface area contributed by atoms with Crippen LogP contribution in [-0.2, 0) is 9.53 Å². The minimum absolute atomic E-state index is 0.0185. The van der Waals surface area contributed by atoms with Crippen molar-refractivity contribution in [1.29, 1.82) is 0 Å². The number of methoxy groups -OCH3 is 3. The summed E-state index contributed by atoms with van der Waals surface area (Å²) in [6.07, 6.45) is 5.49. The molecular weight excluding hydrogens is 469 g/mol. The molecule has 2 amide bonds. The van der Waals surface area contributed by atoms with E-state index in [1.807, 2.05) is 0 Å². The Hall–Kier alpha value is -3.73. The van der Waals surface area contributed by atoms with E-state index in [0.29, 0.717) is 47.4 Å². The Kier molecular flexibility index (Phi) is 6.48. The molecule has 1 aromatic carbocycles. The van der Waals surface area contributed by atoms with Crippen molar-refractivity contribution in [2.75, 3.05) is 41.0 Å².